The van der Waals surface area contributed by atoms with E-state index in [0.29, 0.717) is 45.6 Å². The van der Waals surface area contributed by atoms with Crippen LogP contribution in [0.25, 0.3) is 33.8 Å². The van der Waals surface area contributed by atoms with Crippen LogP contribution in [-0.4, -0.2) is 46.4 Å². The quantitative estimate of drug-likeness (QED) is 0.228. The lowest BCUT2D eigenvalue weighted by atomic mass is 10.1. The van der Waals surface area contributed by atoms with E-state index < -0.39 is 11.9 Å². The number of hydrogen-bond donors (Lipinski definition) is 1. The first-order valence-corrected chi connectivity index (χ1v) is 13.7. The van der Waals surface area contributed by atoms with Gasteiger partial charge in [0.05, 0.1) is 25.0 Å². The Labute approximate surface area is 240 Å². The molecule has 13 heteroatoms. The van der Waals surface area contributed by atoms with Gasteiger partial charge >= 0.3 is 6.18 Å². The molecule has 1 aliphatic rings. The Balaban J connectivity index is 1.34. The molecule has 1 aromatic carbocycles. The van der Waals surface area contributed by atoms with Crippen molar-refractivity contribution in [2.24, 2.45) is 7.05 Å². The summed E-state index contributed by atoms with van der Waals surface area (Å²) >= 11 is 0. The smallest absolute Gasteiger partial charge is 0.434 e. The van der Waals surface area contributed by atoms with Gasteiger partial charge in [0.15, 0.2) is 22.9 Å². The van der Waals surface area contributed by atoms with Crippen molar-refractivity contribution >= 4 is 16.9 Å². The Morgan fingerprint density at radius 1 is 1.00 bits per heavy atom. The minimum Gasteiger partial charge on any atom is -0.480 e. The lowest BCUT2D eigenvalue weighted by Crippen LogP contribution is -2.10. The molecule has 218 valence electrons. The van der Waals surface area contributed by atoms with Crippen molar-refractivity contribution in [1.82, 2.24) is 39.3 Å². The number of hydrogen-bond acceptors (Lipinski definition) is 8. The van der Waals surface area contributed by atoms with Crippen molar-refractivity contribution in [1.29, 1.82) is 0 Å². The highest BCUT2D eigenvalue weighted by atomic mass is 19.4. The van der Waals surface area contributed by atoms with Gasteiger partial charge in [0.2, 0.25) is 5.88 Å². The van der Waals surface area contributed by atoms with E-state index in [4.69, 9.17) is 14.7 Å². The summed E-state index contributed by atoms with van der Waals surface area (Å²) in [7, 11) is 3.38. The molecular formula is C29H30F3N9O. The normalized spacial score (nSPS) is 14.5. The molecule has 0 radical (unpaired) electrons. The van der Waals surface area contributed by atoms with E-state index in [2.05, 4.69) is 25.4 Å². The predicted octanol–water partition coefficient (Wildman–Crippen LogP) is 6.34. The second kappa shape index (κ2) is 10.4. The van der Waals surface area contributed by atoms with Gasteiger partial charge in [0.1, 0.15) is 23.2 Å². The van der Waals surface area contributed by atoms with Crippen molar-refractivity contribution in [2.75, 3.05) is 12.4 Å². The largest absolute Gasteiger partial charge is 0.480 e. The van der Waals surface area contributed by atoms with Gasteiger partial charge in [0, 0.05) is 30.8 Å². The van der Waals surface area contributed by atoms with Crippen LogP contribution in [-0.2, 0) is 13.2 Å². The van der Waals surface area contributed by atoms with Crippen molar-refractivity contribution in [3.8, 4) is 28.7 Å². The monoisotopic (exact) mass is 577 g/mol. The molecule has 0 aliphatic heterocycles. The molecule has 5 aromatic rings. The van der Waals surface area contributed by atoms with Gasteiger partial charge in [-0.3, -0.25) is 4.68 Å². The molecule has 10 nitrogen and oxygen atoms in total. The van der Waals surface area contributed by atoms with Gasteiger partial charge in [-0.15, -0.1) is 0 Å². The number of halogens is 3. The Kier molecular flexibility index (Phi) is 6.82. The molecular weight excluding hydrogens is 547 g/mol. The lowest BCUT2D eigenvalue weighted by Gasteiger charge is -2.17. The molecule has 1 saturated carbocycles. The van der Waals surface area contributed by atoms with Crippen molar-refractivity contribution in [2.45, 2.75) is 57.8 Å². The summed E-state index contributed by atoms with van der Waals surface area (Å²) in [5.41, 5.74) is 3.39. The molecule has 1 fully saturated rings. The van der Waals surface area contributed by atoms with E-state index in [0.717, 1.165) is 30.3 Å². The highest BCUT2D eigenvalue weighted by Gasteiger charge is 2.35. The maximum atomic E-state index is 13.4. The average Bonchev–Trinajstić information content (AvgIpc) is 3.57. The van der Waals surface area contributed by atoms with Crippen LogP contribution in [0.3, 0.4) is 0 Å². The van der Waals surface area contributed by atoms with E-state index in [1.165, 1.54) is 10.9 Å². The van der Waals surface area contributed by atoms with Crippen LogP contribution in [0.2, 0.25) is 0 Å². The van der Waals surface area contributed by atoms with Gasteiger partial charge in [-0.1, -0.05) is 24.3 Å². The first-order chi connectivity index (χ1) is 20.0. The fourth-order valence-electron chi connectivity index (χ4n) is 5.00. The predicted molar refractivity (Wildman–Crippen MR) is 151 cm³/mol. The first-order valence-electron chi connectivity index (χ1n) is 13.7. The molecule has 0 saturated heterocycles. The molecule has 4 aromatic heterocycles. The Morgan fingerprint density at radius 3 is 2.38 bits per heavy atom. The molecule has 0 spiro atoms. The Bertz CT molecular complexity index is 1760. The van der Waals surface area contributed by atoms with E-state index >= 15 is 0 Å². The van der Waals surface area contributed by atoms with Crippen LogP contribution in [0.5, 0.6) is 5.88 Å². The summed E-state index contributed by atoms with van der Waals surface area (Å²) in [4.78, 5) is 22.4. The third kappa shape index (κ3) is 5.14. The molecule has 0 bridgehead atoms. The second-order valence-electron chi connectivity index (χ2n) is 10.8. The van der Waals surface area contributed by atoms with Crippen LogP contribution < -0.4 is 10.1 Å². The number of rotatable bonds is 8. The summed E-state index contributed by atoms with van der Waals surface area (Å²) in [5.74, 6) is 1.98. The topological polar surface area (TPSA) is 108 Å². The molecule has 0 unspecified atom stereocenters. The van der Waals surface area contributed by atoms with Crippen LogP contribution in [0.1, 0.15) is 68.6 Å². The summed E-state index contributed by atoms with van der Waals surface area (Å²) in [6.07, 6.45) is 1.94. The van der Waals surface area contributed by atoms with Crippen LogP contribution >= 0.6 is 0 Å². The SMILES string of the molecule is COc1ncnc(C2CC2)c1-c1nc(N[C@@H](C)c2ccc(-c3nc(C(F)(F)F)cn3C(C)C)cc2)c2nn(C)cc2n1. The van der Waals surface area contributed by atoms with Gasteiger partial charge in [-0.05, 0) is 39.2 Å². The standard InChI is InChI=1S/C29H30F3N9O/c1-15(2)41-13-21(29(30,31)32)37-27(41)19-10-6-17(7-11-19)16(3)35-26-24-20(12-40(4)39-24)36-25(38-26)22-23(18-8-9-18)33-14-34-28(22)42-5/h6-7,10-16,18H,8-9H2,1-5H3,(H,35,36,38)/t16-/m0/s1. The number of nitrogens with zero attached hydrogens (tertiary/aromatic N) is 8. The molecule has 6 rings (SSSR count). The average molecular weight is 578 g/mol. The number of aryl methyl sites for hydroxylation is 1. The molecule has 4 heterocycles. The van der Waals surface area contributed by atoms with E-state index in [1.54, 1.807) is 23.9 Å². The molecule has 1 atom stereocenters. The summed E-state index contributed by atoms with van der Waals surface area (Å²) in [6, 6.07) is 6.90. The van der Waals surface area contributed by atoms with Crippen LogP contribution in [0.4, 0.5) is 19.0 Å². The fourth-order valence-corrected chi connectivity index (χ4v) is 5.00. The second-order valence-corrected chi connectivity index (χ2v) is 10.8. The summed E-state index contributed by atoms with van der Waals surface area (Å²) < 4.78 is 48.9. The van der Waals surface area contributed by atoms with E-state index in [1.807, 2.05) is 46.1 Å². The number of methoxy groups -OCH3 is 1. The highest BCUT2D eigenvalue weighted by molar-refractivity contribution is 5.87. The highest BCUT2D eigenvalue weighted by Crippen LogP contribution is 2.45. The third-order valence-corrected chi connectivity index (χ3v) is 7.30. The van der Waals surface area contributed by atoms with Gasteiger partial charge < -0.3 is 14.6 Å². The third-order valence-electron chi connectivity index (χ3n) is 7.30. The van der Waals surface area contributed by atoms with Crippen molar-refractivity contribution in [3.63, 3.8) is 0 Å². The number of benzene rings is 1. The summed E-state index contributed by atoms with van der Waals surface area (Å²) in [6.45, 7) is 5.62. The lowest BCUT2D eigenvalue weighted by molar-refractivity contribution is -0.140. The maximum absolute atomic E-state index is 13.4. The first kappa shape index (κ1) is 27.6. The summed E-state index contributed by atoms with van der Waals surface area (Å²) in [5, 5.41) is 8.03. The zero-order chi connectivity index (χ0) is 29.8. The molecule has 0 amide bonds. The van der Waals surface area contributed by atoms with Crippen molar-refractivity contribution < 1.29 is 17.9 Å². The minimum absolute atomic E-state index is 0.189. The Hall–Kier alpha value is -4.55. The molecule has 42 heavy (non-hydrogen) atoms. The minimum atomic E-state index is -4.52. The van der Waals surface area contributed by atoms with E-state index in [9.17, 15) is 13.2 Å². The van der Waals surface area contributed by atoms with Gasteiger partial charge in [-0.2, -0.15) is 18.3 Å². The fraction of sp³-hybridized carbons (Fsp3) is 0.379. The zero-order valence-electron chi connectivity index (χ0n) is 23.8. The van der Waals surface area contributed by atoms with Gasteiger partial charge in [0.25, 0.3) is 0 Å². The molecule has 1 aliphatic carbocycles. The number of nitrogens with one attached hydrogen (secondary N) is 1. The number of alkyl halides is 3. The maximum Gasteiger partial charge on any atom is 0.434 e. The number of anilines is 1. The van der Waals surface area contributed by atoms with Gasteiger partial charge in [-0.25, -0.2) is 24.9 Å². The number of aromatic nitrogens is 8. The number of imidazole rings is 1. The van der Waals surface area contributed by atoms with Crippen LogP contribution in [0.15, 0.2) is 43.0 Å². The number of ether oxygens (including phenoxy) is 1. The van der Waals surface area contributed by atoms with Crippen LogP contribution in [0, 0.1) is 0 Å². The van der Waals surface area contributed by atoms with Crippen molar-refractivity contribution in [3.05, 3.63) is 59.9 Å². The molecule has 1 N–H and O–H groups in total. The van der Waals surface area contributed by atoms with E-state index in [-0.39, 0.29) is 17.9 Å². The Morgan fingerprint density at radius 2 is 1.74 bits per heavy atom. The number of fused-ring (bicyclic) bond motifs is 1. The zero-order valence-corrected chi connectivity index (χ0v) is 23.8.